The van der Waals surface area contributed by atoms with E-state index in [1.54, 1.807) is 17.0 Å². The van der Waals surface area contributed by atoms with E-state index in [2.05, 4.69) is 13.8 Å². The smallest absolute Gasteiger partial charge is 0.290 e. The van der Waals surface area contributed by atoms with Crippen molar-refractivity contribution in [3.05, 3.63) is 74.1 Å². The number of fused-ring (bicyclic) bond motifs is 2. The zero-order valence-electron chi connectivity index (χ0n) is 20.9. The van der Waals surface area contributed by atoms with Crippen molar-refractivity contribution in [2.24, 2.45) is 0 Å². The van der Waals surface area contributed by atoms with Crippen LogP contribution < -0.4 is 10.2 Å². The summed E-state index contributed by atoms with van der Waals surface area (Å²) >= 11 is 6.32. The average Bonchev–Trinajstić information content (AvgIpc) is 3.13. The summed E-state index contributed by atoms with van der Waals surface area (Å²) in [5.74, 6) is 0.700. The summed E-state index contributed by atoms with van der Waals surface area (Å²) in [5, 5.41) is 0.908. The van der Waals surface area contributed by atoms with E-state index in [-0.39, 0.29) is 17.1 Å². The van der Waals surface area contributed by atoms with Crippen LogP contribution in [0.15, 0.2) is 45.6 Å². The summed E-state index contributed by atoms with van der Waals surface area (Å²) in [6.45, 7) is 7.42. The summed E-state index contributed by atoms with van der Waals surface area (Å²) in [4.78, 5) is 28.9. The molecule has 1 amide bonds. The fraction of sp³-hybridized carbons (Fsp3) is 0.448. The molecule has 1 unspecified atom stereocenters. The Hall–Kier alpha value is -2.79. The number of carbonyl (C=O) groups excluding carboxylic acids is 1. The number of nitrogens with zero attached hydrogens (tertiary/aromatic N) is 1. The highest BCUT2D eigenvalue weighted by Crippen LogP contribution is 2.39. The van der Waals surface area contributed by atoms with Gasteiger partial charge >= 0.3 is 0 Å². The van der Waals surface area contributed by atoms with E-state index in [9.17, 15) is 9.59 Å². The molecule has 0 radical (unpaired) electrons. The van der Waals surface area contributed by atoms with Crippen molar-refractivity contribution in [2.45, 2.75) is 71.8 Å². The lowest BCUT2D eigenvalue weighted by molar-refractivity contribution is 0.0724. The number of hydrogen-bond acceptors (Lipinski definition) is 4. The highest BCUT2D eigenvalue weighted by atomic mass is 35.5. The highest BCUT2D eigenvalue weighted by molar-refractivity contribution is 6.32. The van der Waals surface area contributed by atoms with E-state index in [1.165, 1.54) is 12.8 Å². The van der Waals surface area contributed by atoms with Gasteiger partial charge in [0.1, 0.15) is 11.3 Å². The number of carbonyl (C=O) groups is 1. The van der Waals surface area contributed by atoms with E-state index < -0.39 is 6.04 Å². The normalized spacial score (nSPS) is 15.1. The van der Waals surface area contributed by atoms with Gasteiger partial charge in [0.15, 0.2) is 5.43 Å². The standard InChI is InChI=1S/C29H34ClNO4/c1-4-6-8-10-16-34-21-13-11-20(12-14-21)26-25-27(32)22-18-23(30)19(3)17-24(22)35-28(25)29(33)31(26)15-9-7-5-2/h11-14,17-18,26H,4-10,15-16H2,1-3H3. The van der Waals surface area contributed by atoms with Crippen molar-refractivity contribution in [3.63, 3.8) is 0 Å². The molecule has 2 aromatic carbocycles. The van der Waals surface area contributed by atoms with Crippen LogP contribution in [0, 0.1) is 6.92 Å². The molecule has 0 spiro atoms. The fourth-order valence-corrected chi connectivity index (χ4v) is 4.88. The number of hydrogen-bond donors (Lipinski definition) is 0. The number of benzene rings is 2. The molecule has 0 bridgehead atoms. The predicted octanol–water partition coefficient (Wildman–Crippen LogP) is 7.45. The van der Waals surface area contributed by atoms with E-state index in [1.807, 2.05) is 31.2 Å². The van der Waals surface area contributed by atoms with Crippen molar-refractivity contribution >= 4 is 28.5 Å². The number of aryl methyl sites for hydroxylation is 1. The molecule has 3 aromatic rings. The first-order chi connectivity index (χ1) is 17.0. The van der Waals surface area contributed by atoms with E-state index >= 15 is 0 Å². The third-order valence-corrected chi connectivity index (χ3v) is 7.12. The van der Waals surface area contributed by atoms with Crippen LogP contribution in [-0.2, 0) is 0 Å². The molecule has 0 saturated carbocycles. The summed E-state index contributed by atoms with van der Waals surface area (Å²) < 4.78 is 12.0. The van der Waals surface area contributed by atoms with Crippen molar-refractivity contribution in [1.82, 2.24) is 4.90 Å². The topological polar surface area (TPSA) is 59.8 Å². The zero-order chi connectivity index (χ0) is 24.9. The molecule has 0 saturated heterocycles. The molecule has 1 aliphatic rings. The first-order valence-electron chi connectivity index (χ1n) is 12.8. The second-order valence-electron chi connectivity index (χ2n) is 9.36. The summed E-state index contributed by atoms with van der Waals surface area (Å²) in [6.07, 6.45) is 7.52. The molecule has 6 heteroatoms. The van der Waals surface area contributed by atoms with Gasteiger partial charge < -0.3 is 14.1 Å². The average molecular weight is 496 g/mol. The zero-order valence-corrected chi connectivity index (χ0v) is 21.6. The van der Waals surface area contributed by atoms with Gasteiger partial charge in [0.05, 0.1) is 23.6 Å². The number of halogens is 1. The molecular formula is C29H34ClNO4. The lowest BCUT2D eigenvalue weighted by Crippen LogP contribution is -2.30. The minimum atomic E-state index is -0.492. The summed E-state index contributed by atoms with van der Waals surface area (Å²) in [5.41, 5.74) is 2.26. The van der Waals surface area contributed by atoms with Crippen LogP contribution in [0.1, 0.15) is 92.1 Å². The number of amides is 1. The maximum Gasteiger partial charge on any atom is 0.290 e. The van der Waals surface area contributed by atoms with Crippen LogP contribution in [0.4, 0.5) is 0 Å². The molecular weight excluding hydrogens is 462 g/mol. The first-order valence-corrected chi connectivity index (χ1v) is 13.1. The van der Waals surface area contributed by atoms with Gasteiger partial charge in [-0.05, 0) is 55.2 Å². The Morgan fingerprint density at radius 2 is 1.69 bits per heavy atom. The molecule has 1 atom stereocenters. The van der Waals surface area contributed by atoms with Gasteiger partial charge in [-0.1, -0.05) is 69.7 Å². The molecule has 5 nitrogen and oxygen atoms in total. The molecule has 2 heterocycles. The SMILES string of the molecule is CCCCCCOc1ccc(C2c3c(oc4cc(C)c(Cl)cc4c3=O)C(=O)N2CCCCC)cc1. The Morgan fingerprint density at radius 3 is 2.40 bits per heavy atom. The molecule has 35 heavy (non-hydrogen) atoms. The summed E-state index contributed by atoms with van der Waals surface area (Å²) in [6, 6.07) is 10.6. The number of ether oxygens (including phenoxy) is 1. The Balaban J connectivity index is 1.70. The van der Waals surface area contributed by atoms with Crippen LogP contribution in [0.2, 0.25) is 5.02 Å². The third-order valence-electron chi connectivity index (χ3n) is 6.71. The molecule has 186 valence electrons. The van der Waals surface area contributed by atoms with Crippen molar-refractivity contribution in [2.75, 3.05) is 13.2 Å². The molecule has 0 aliphatic carbocycles. The lowest BCUT2D eigenvalue weighted by Gasteiger charge is -2.25. The van der Waals surface area contributed by atoms with Crippen LogP contribution in [0.5, 0.6) is 5.75 Å². The van der Waals surface area contributed by atoms with E-state index in [0.717, 1.165) is 49.0 Å². The maximum atomic E-state index is 13.7. The first kappa shape index (κ1) is 25.3. The Kier molecular flexibility index (Phi) is 8.17. The van der Waals surface area contributed by atoms with Crippen molar-refractivity contribution < 1.29 is 13.9 Å². The maximum absolute atomic E-state index is 13.7. The van der Waals surface area contributed by atoms with Crippen LogP contribution >= 0.6 is 11.6 Å². The molecule has 1 aliphatic heterocycles. The quantitative estimate of drug-likeness (QED) is 0.259. The van der Waals surface area contributed by atoms with Gasteiger partial charge in [0, 0.05) is 11.6 Å². The highest BCUT2D eigenvalue weighted by Gasteiger charge is 2.42. The van der Waals surface area contributed by atoms with Crippen LogP contribution in [-0.4, -0.2) is 24.0 Å². The van der Waals surface area contributed by atoms with Gasteiger partial charge in [0.2, 0.25) is 5.76 Å². The second kappa shape index (κ2) is 11.3. The molecule has 1 aromatic heterocycles. The Bertz CT molecular complexity index is 1250. The Labute approximate surface area is 212 Å². The van der Waals surface area contributed by atoms with E-state index in [4.69, 9.17) is 20.8 Å². The Morgan fingerprint density at radius 1 is 0.971 bits per heavy atom. The van der Waals surface area contributed by atoms with Crippen molar-refractivity contribution in [3.8, 4) is 5.75 Å². The largest absolute Gasteiger partial charge is 0.494 e. The second-order valence-corrected chi connectivity index (χ2v) is 9.77. The minimum Gasteiger partial charge on any atom is -0.494 e. The van der Waals surface area contributed by atoms with Crippen molar-refractivity contribution in [1.29, 1.82) is 0 Å². The number of rotatable bonds is 11. The van der Waals surface area contributed by atoms with Gasteiger partial charge in [-0.2, -0.15) is 0 Å². The molecule has 0 fully saturated rings. The third kappa shape index (κ3) is 5.25. The molecule has 4 rings (SSSR count). The predicted molar refractivity (Wildman–Crippen MR) is 141 cm³/mol. The number of unbranched alkanes of at least 4 members (excludes halogenated alkanes) is 5. The van der Waals surface area contributed by atoms with Gasteiger partial charge in [-0.25, -0.2) is 0 Å². The lowest BCUT2D eigenvalue weighted by atomic mass is 9.98. The monoisotopic (exact) mass is 495 g/mol. The van der Waals surface area contributed by atoms with Crippen LogP contribution in [0.3, 0.4) is 0 Å². The summed E-state index contributed by atoms with van der Waals surface area (Å²) in [7, 11) is 0. The van der Waals surface area contributed by atoms with E-state index in [0.29, 0.717) is 34.7 Å². The van der Waals surface area contributed by atoms with Gasteiger partial charge in [0.25, 0.3) is 5.91 Å². The van der Waals surface area contributed by atoms with Gasteiger partial charge in [-0.3, -0.25) is 9.59 Å². The van der Waals surface area contributed by atoms with Crippen LogP contribution in [0.25, 0.3) is 11.0 Å². The fourth-order valence-electron chi connectivity index (χ4n) is 4.72. The minimum absolute atomic E-state index is 0.141. The molecule has 0 N–H and O–H groups in total. The van der Waals surface area contributed by atoms with Gasteiger partial charge in [-0.15, -0.1) is 0 Å².